The number of anilines is 4. The molecule has 0 fully saturated rings. The number of rotatable bonds is 7. The molecule has 0 aliphatic rings. The summed E-state index contributed by atoms with van der Waals surface area (Å²) in [6.45, 7) is 4.48. The highest BCUT2D eigenvalue weighted by Crippen LogP contribution is 2.27. The third-order valence-electron chi connectivity index (χ3n) is 3.63. The Bertz CT molecular complexity index is 883. The molecule has 0 aliphatic carbocycles. The van der Waals surface area contributed by atoms with E-state index in [9.17, 15) is 0 Å². The van der Waals surface area contributed by atoms with Crippen molar-refractivity contribution in [2.24, 2.45) is 0 Å². The zero-order valence-electron chi connectivity index (χ0n) is 15.1. The molecule has 0 aliphatic heterocycles. The molecule has 3 aromatic rings. The number of nitrogens with one attached hydrogen (secondary N) is 2. The van der Waals surface area contributed by atoms with Crippen molar-refractivity contribution in [3.63, 3.8) is 0 Å². The third kappa shape index (κ3) is 4.42. The van der Waals surface area contributed by atoms with Crippen molar-refractivity contribution in [3.05, 3.63) is 60.3 Å². The number of nitrogens with zero attached hydrogens (tertiary/aromatic N) is 2. The second kappa shape index (κ2) is 8.20. The van der Waals surface area contributed by atoms with E-state index >= 15 is 0 Å². The highest BCUT2D eigenvalue weighted by atomic mass is 16.5. The topological polar surface area (TPSA) is 68.3 Å². The van der Waals surface area contributed by atoms with Gasteiger partial charge in [0.1, 0.15) is 17.3 Å². The van der Waals surface area contributed by atoms with Crippen molar-refractivity contribution >= 4 is 23.1 Å². The molecule has 1 heterocycles. The van der Waals surface area contributed by atoms with Gasteiger partial charge in [0.15, 0.2) is 0 Å². The first-order valence-corrected chi connectivity index (χ1v) is 8.43. The molecule has 26 heavy (non-hydrogen) atoms. The van der Waals surface area contributed by atoms with Gasteiger partial charge in [0.25, 0.3) is 0 Å². The fourth-order valence-electron chi connectivity index (χ4n) is 2.51. The minimum Gasteiger partial charge on any atom is -0.497 e. The highest BCUT2D eigenvalue weighted by molar-refractivity contribution is 5.65. The summed E-state index contributed by atoms with van der Waals surface area (Å²) in [4.78, 5) is 9.01. The first kappa shape index (κ1) is 17.5. The lowest BCUT2D eigenvalue weighted by Gasteiger charge is -2.13. The van der Waals surface area contributed by atoms with Crippen LogP contribution in [0.15, 0.2) is 54.6 Å². The molecule has 2 aromatic carbocycles. The third-order valence-corrected chi connectivity index (χ3v) is 3.63. The van der Waals surface area contributed by atoms with Crippen LogP contribution in [-0.2, 0) is 0 Å². The summed E-state index contributed by atoms with van der Waals surface area (Å²) in [5, 5.41) is 6.52. The second-order valence-electron chi connectivity index (χ2n) is 5.63. The van der Waals surface area contributed by atoms with Crippen molar-refractivity contribution < 1.29 is 9.47 Å². The Morgan fingerprint density at radius 3 is 2.62 bits per heavy atom. The molecule has 0 saturated carbocycles. The van der Waals surface area contributed by atoms with E-state index in [0.717, 1.165) is 28.6 Å². The Morgan fingerprint density at radius 2 is 1.81 bits per heavy atom. The number of para-hydroxylation sites is 2. The van der Waals surface area contributed by atoms with E-state index in [2.05, 4.69) is 20.6 Å². The van der Waals surface area contributed by atoms with Crippen LogP contribution in [0, 0.1) is 6.92 Å². The summed E-state index contributed by atoms with van der Waals surface area (Å²) in [5.74, 6) is 2.75. The standard InChI is InChI=1S/C20H22N4O2/c1-4-26-18-11-6-5-10-17(18)23-20-21-14(2)12-19(24-20)22-15-8-7-9-16(13-15)25-3/h5-13H,4H2,1-3H3,(H2,21,22,23,24). The van der Waals surface area contributed by atoms with Gasteiger partial charge < -0.3 is 20.1 Å². The molecular weight excluding hydrogens is 328 g/mol. The SMILES string of the molecule is CCOc1ccccc1Nc1nc(C)cc(Nc2cccc(OC)c2)n1. The van der Waals surface area contributed by atoms with Gasteiger partial charge in [-0.05, 0) is 38.1 Å². The summed E-state index contributed by atoms with van der Waals surface area (Å²) in [5.41, 5.74) is 2.57. The molecule has 6 nitrogen and oxygen atoms in total. The largest absolute Gasteiger partial charge is 0.497 e. The van der Waals surface area contributed by atoms with E-state index in [1.165, 1.54) is 0 Å². The van der Waals surface area contributed by atoms with E-state index in [1.54, 1.807) is 7.11 Å². The Labute approximate surface area is 153 Å². The van der Waals surface area contributed by atoms with Crippen molar-refractivity contribution in [3.8, 4) is 11.5 Å². The average molecular weight is 350 g/mol. The number of benzene rings is 2. The first-order chi connectivity index (χ1) is 12.7. The van der Waals surface area contributed by atoms with Crippen molar-refractivity contribution in [1.29, 1.82) is 0 Å². The maximum Gasteiger partial charge on any atom is 0.229 e. The lowest BCUT2D eigenvalue weighted by atomic mass is 10.3. The van der Waals surface area contributed by atoms with E-state index in [1.807, 2.05) is 68.4 Å². The van der Waals surface area contributed by atoms with Gasteiger partial charge in [-0.15, -0.1) is 0 Å². The minimum atomic E-state index is 0.502. The van der Waals surface area contributed by atoms with Gasteiger partial charge in [-0.2, -0.15) is 4.98 Å². The fraction of sp³-hybridized carbons (Fsp3) is 0.200. The van der Waals surface area contributed by atoms with Gasteiger partial charge in [0.05, 0.1) is 19.4 Å². The van der Waals surface area contributed by atoms with Crippen LogP contribution in [0.5, 0.6) is 11.5 Å². The van der Waals surface area contributed by atoms with Crippen LogP contribution in [0.1, 0.15) is 12.6 Å². The molecule has 2 N–H and O–H groups in total. The van der Waals surface area contributed by atoms with Crippen LogP contribution in [0.2, 0.25) is 0 Å². The molecular formula is C20H22N4O2. The maximum atomic E-state index is 5.64. The monoisotopic (exact) mass is 350 g/mol. The lowest BCUT2D eigenvalue weighted by molar-refractivity contribution is 0.342. The van der Waals surface area contributed by atoms with Crippen LogP contribution in [0.3, 0.4) is 0 Å². The lowest BCUT2D eigenvalue weighted by Crippen LogP contribution is -2.04. The molecule has 0 radical (unpaired) electrons. The molecule has 134 valence electrons. The number of hydrogen-bond acceptors (Lipinski definition) is 6. The molecule has 3 rings (SSSR count). The number of methoxy groups -OCH3 is 1. The molecule has 0 unspecified atom stereocenters. The van der Waals surface area contributed by atoms with E-state index in [-0.39, 0.29) is 0 Å². The quantitative estimate of drug-likeness (QED) is 0.645. The average Bonchev–Trinajstić information content (AvgIpc) is 2.63. The second-order valence-corrected chi connectivity index (χ2v) is 5.63. The molecule has 0 bridgehead atoms. The normalized spacial score (nSPS) is 10.3. The van der Waals surface area contributed by atoms with Crippen molar-refractivity contribution in [2.45, 2.75) is 13.8 Å². The van der Waals surface area contributed by atoms with E-state index in [4.69, 9.17) is 9.47 Å². The van der Waals surface area contributed by atoms with Gasteiger partial charge in [-0.1, -0.05) is 18.2 Å². The minimum absolute atomic E-state index is 0.502. The number of aromatic nitrogens is 2. The van der Waals surface area contributed by atoms with Gasteiger partial charge in [0, 0.05) is 23.5 Å². The molecule has 0 saturated heterocycles. The molecule has 0 amide bonds. The Balaban J connectivity index is 1.84. The highest BCUT2D eigenvalue weighted by Gasteiger charge is 2.07. The zero-order valence-corrected chi connectivity index (χ0v) is 15.1. The number of ether oxygens (including phenoxy) is 2. The van der Waals surface area contributed by atoms with E-state index < -0.39 is 0 Å². The summed E-state index contributed by atoms with van der Waals surface area (Å²) < 4.78 is 10.9. The summed E-state index contributed by atoms with van der Waals surface area (Å²) in [7, 11) is 1.64. The molecule has 0 atom stereocenters. The van der Waals surface area contributed by atoms with E-state index in [0.29, 0.717) is 18.4 Å². The van der Waals surface area contributed by atoms with Crippen LogP contribution < -0.4 is 20.1 Å². The smallest absolute Gasteiger partial charge is 0.229 e. The summed E-state index contributed by atoms with van der Waals surface area (Å²) in [6, 6.07) is 17.3. The first-order valence-electron chi connectivity index (χ1n) is 8.43. The predicted molar refractivity (Wildman–Crippen MR) is 104 cm³/mol. The molecule has 6 heteroatoms. The number of hydrogen-bond donors (Lipinski definition) is 2. The maximum absolute atomic E-state index is 5.64. The Kier molecular flexibility index (Phi) is 5.53. The van der Waals surface area contributed by atoms with Crippen LogP contribution in [-0.4, -0.2) is 23.7 Å². The summed E-state index contributed by atoms with van der Waals surface area (Å²) >= 11 is 0. The van der Waals surface area contributed by atoms with Gasteiger partial charge in [0.2, 0.25) is 5.95 Å². The predicted octanol–water partition coefficient (Wildman–Crippen LogP) is 4.68. The zero-order chi connectivity index (χ0) is 18.4. The van der Waals surface area contributed by atoms with Gasteiger partial charge in [-0.25, -0.2) is 4.98 Å². The van der Waals surface area contributed by atoms with Crippen molar-refractivity contribution in [2.75, 3.05) is 24.4 Å². The Hall–Kier alpha value is -3.28. The van der Waals surface area contributed by atoms with Gasteiger partial charge >= 0.3 is 0 Å². The van der Waals surface area contributed by atoms with Crippen LogP contribution >= 0.6 is 0 Å². The van der Waals surface area contributed by atoms with Gasteiger partial charge in [-0.3, -0.25) is 0 Å². The van der Waals surface area contributed by atoms with Crippen LogP contribution in [0.25, 0.3) is 0 Å². The Morgan fingerprint density at radius 1 is 0.962 bits per heavy atom. The molecule has 0 spiro atoms. The fourth-order valence-corrected chi connectivity index (χ4v) is 2.51. The van der Waals surface area contributed by atoms with Crippen LogP contribution in [0.4, 0.5) is 23.1 Å². The summed E-state index contributed by atoms with van der Waals surface area (Å²) in [6.07, 6.45) is 0. The van der Waals surface area contributed by atoms with Crippen molar-refractivity contribution in [1.82, 2.24) is 9.97 Å². The molecule has 1 aromatic heterocycles. The number of aryl methyl sites for hydroxylation is 1.